The summed E-state index contributed by atoms with van der Waals surface area (Å²) in [4.78, 5) is 6.54. The van der Waals surface area contributed by atoms with E-state index in [-0.39, 0.29) is 6.10 Å². The molecule has 0 saturated heterocycles. The van der Waals surface area contributed by atoms with Gasteiger partial charge in [-0.2, -0.15) is 0 Å². The van der Waals surface area contributed by atoms with E-state index in [0.29, 0.717) is 11.0 Å². The molecule has 2 rings (SSSR count). The zero-order chi connectivity index (χ0) is 16.1. The second-order valence-electron chi connectivity index (χ2n) is 5.38. The van der Waals surface area contributed by atoms with Gasteiger partial charge >= 0.3 is 0 Å². The van der Waals surface area contributed by atoms with Crippen LogP contribution in [0.25, 0.3) is 0 Å². The Balaban J connectivity index is 2.10. The van der Waals surface area contributed by atoms with Crippen LogP contribution >= 0.6 is 28.1 Å². The number of hydrogen-bond acceptors (Lipinski definition) is 3. The molecule has 0 fully saturated rings. The number of halogens is 1. The van der Waals surface area contributed by atoms with E-state index >= 15 is 0 Å². The zero-order valence-corrected chi connectivity index (χ0v) is 15.6. The molecule has 6 heteroatoms. The maximum Gasteiger partial charge on any atom is 0.228 e. The molecule has 0 spiro atoms. The van der Waals surface area contributed by atoms with Gasteiger partial charge in [-0.1, -0.05) is 12.2 Å². The molecule has 1 aliphatic carbocycles. The van der Waals surface area contributed by atoms with Gasteiger partial charge in [0, 0.05) is 20.0 Å². The standard InChI is InChI=1S/C16H22BrN3OS/c1-4-20(3)16(22)19-14-10-13(17)15(18-11(14)2)21-12-8-6-5-7-9-12/h5-6,10,12H,4,7-9H2,1-3H3,(H,19,22). The number of nitrogens with one attached hydrogen (secondary N) is 1. The summed E-state index contributed by atoms with van der Waals surface area (Å²) < 4.78 is 6.86. The van der Waals surface area contributed by atoms with Gasteiger partial charge in [-0.15, -0.1) is 0 Å². The molecule has 1 aromatic heterocycles. The van der Waals surface area contributed by atoms with Crippen molar-refractivity contribution in [2.45, 2.75) is 39.2 Å². The molecule has 0 aromatic carbocycles. The summed E-state index contributed by atoms with van der Waals surface area (Å²) in [5, 5.41) is 3.92. The molecule has 1 atom stereocenters. The number of hydrogen-bond donors (Lipinski definition) is 1. The predicted molar refractivity (Wildman–Crippen MR) is 98.6 cm³/mol. The Labute approximate surface area is 146 Å². The summed E-state index contributed by atoms with van der Waals surface area (Å²) in [5.74, 6) is 0.651. The van der Waals surface area contributed by atoms with Gasteiger partial charge in [0.1, 0.15) is 6.10 Å². The molecule has 1 N–H and O–H groups in total. The van der Waals surface area contributed by atoms with Crippen LogP contribution in [0, 0.1) is 6.92 Å². The summed E-state index contributed by atoms with van der Waals surface area (Å²) in [5.41, 5.74) is 1.77. The molecule has 4 nitrogen and oxygen atoms in total. The summed E-state index contributed by atoms with van der Waals surface area (Å²) in [6.45, 7) is 4.87. The summed E-state index contributed by atoms with van der Waals surface area (Å²) >= 11 is 8.91. The number of aryl methyl sites for hydroxylation is 1. The Morgan fingerprint density at radius 3 is 2.95 bits per heavy atom. The maximum atomic E-state index is 6.02. The molecular weight excluding hydrogens is 362 g/mol. The van der Waals surface area contributed by atoms with Gasteiger partial charge in [-0.05, 0) is 60.9 Å². The maximum absolute atomic E-state index is 6.02. The summed E-state index contributed by atoms with van der Waals surface area (Å²) in [7, 11) is 1.96. The number of allylic oxidation sites excluding steroid dienone is 1. The lowest BCUT2D eigenvalue weighted by Gasteiger charge is -2.22. The van der Waals surface area contributed by atoms with E-state index in [9.17, 15) is 0 Å². The van der Waals surface area contributed by atoms with E-state index in [1.54, 1.807) is 0 Å². The number of nitrogens with zero attached hydrogens (tertiary/aromatic N) is 2. The number of rotatable bonds is 4. The van der Waals surface area contributed by atoms with Crippen molar-refractivity contribution in [3.63, 3.8) is 0 Å². The Morgan fingerprint density at radius 1 is 1.55 bits per heavy atom. The Kier molecular flexibility index (Phi) is 6.20. The molecule has 0 bridgehead atoms. The second kappa shape index (κ2) is 7.92. The average Bonchev–Trinajstić information content (AvgIpc) is 2.52. The largest absolute Gasteiger partial charge is 0.473 e. The first-order valence-corrected chi connectivity index (χ1v) is 8.72. The van der Waals surface area contributed by atoms with Crippen LogP contribution in [0.15, 0.2) is 22.7 Å². The van der Waals surface area contributed by atoms with Crippen LogP contribution in [-0.2, 0) is 0 Å². The van der Waals surface area contributed by atoms with Crippen LogP contribution in [0.5, 0.6) is 5.88 Å². The molecule has 1 aliphatic rings. The van der Waals surface area contributed by atoms with Gasteiger partial charge in [0.15, 0.2) is 5.11 Å². The Morgan fingerprint density at radius 2 is 2.32 bits per heavy atom. The van der Waals surface area contributed by atoms with Crippen LogP contribution in [0.1, 0.15) is 31.9 Å². The lowest BCUT2D eigenvalue weighted by atomic mass is 10.1. The highest BCUT2D eigenvalue weighted by Crippen LogP contribution is 2.30. The number of thiocarbonyl (C=S) groups is 1. The monoisotopic (exact) mass is 383 g/mol. The lowest BCUT2D eigenvalue weighted by molar-refractivity contribution is 0.181. The van der Waals surface area contributed by atoms with E-state index in [4.69, 9.17) is 17.0 Å². The molecule has 22 heavy (non-hydrogen) atoms. The quantitative estimate of drug-likeness (QED) is 0.619. The zero-order valence-electron chi connectivity index (χ0n) is 13.2. The number of pyridine rings is 1. The smallest absolute Gasteiger partial charge is 0.228 e. The van der Waals surface area contributed by atoms with Crippen molar-refractivity contribution in [3.8, 4) is 5.88 Å². The third-order valence-corrected chi connectivity index (χ3v) is 4.68. The highest BCUT2D eigenvalue weighted by atomic mass is 79.9. The molecule has 1 unspecified atom stereocenters. The van der Waals surface area contributed by atoms with Gasteiger partial charge in [-0.3, -0.25) is 0 Å². The van der Waals surface area contributed by atoms with Crippen LogP contribution in [0.2, 0.25) is 0 Å². The van der Waals surface area contributed by atoms with Crippen LogP contribution < -0.4 is 10.1 Å². The SMILES string of the molecule is CCN(C)C(=S)Nc1cc(Br)c(OC2CC=CCC2)nc1C. The van der Waals surface area contributed by atoms with Crippen molar-refractivity contribution in [1.82, 2.24) is 9.88 Å². The Hall–Kier alpha value is -1.14. The molecule has 0 aliphatic heterocycles. The number of ether oxygens (including phenoxy) is 1. The molecule has 0 radical (unpaired) electrons. The highest BCUT2D eigenvalue weighted by Gasteiger charge is 2.16. The first-order valence-electron chi connectivity index (χ1n) is 7.52. The second-order valence-corrected chi connectivity index (χ2v) is 6.62. The van der Waals surface area contributed by atoms with Crippen molar-refractivity contribution >= 4 is 38.9 Å². The predicted octanol–water partition coefficient (Wildman–Crippen LogP) is 4.29. The first kappa shape index (κ1) is 17.2. The average molecular weight is 384 g/mol. The fourth-order valence-corrected chi connectivity index (χ4v) is 2.80. The third kappa shape index (κ3) is 4.43. The highest BCUT2D eigenvalue weighted by molar-refractivity contribution is 9.10. The number of anilines is 1. The molecule has 1 heterocycles. The van der Waals surface area contributed by atoms with Crippen molar-refractivity contribution in [2.24, 2.45) is 0 Å². The topological polar surface area (TPSA) is 37.4 Å². The van der Waals surface area contributed by atoms with E-state index in [1.807, 2.05) is 24.9 Å². The van der Waals surface area contributed by atoms with Crippen LogP contribution in [0.4, 0.5) is 5.69 Å². The van der Waals surface area contributed by atoms with Gasteiger partial charge in [0.05, 0.1) is 15.9 Å². The van der Waals surface area contributed by atoms with Crippen molar-refractivity contribution in [1.29, 1.82) is 0 Å². The summed E-state index contributed by atoms with van der Waals surface area (Å²) in [6, 6.07) is 1.98. The van der Waals surface area contributed by atoms with Gasteiger partial charge in [0.25, 0.3) is 0 Å². The molecule has 1 aromatic rings. The van der Waals surface area contributed by atoms with Crippen molar-refractivity contribution < 1.29 is 4.74 Å². The molecule has 120 valence electrons. The summed E-state index contributed by atoms with van der Waals surface area (Å²) in [6.07, 6.45) is 7.63. The van der Waals surface area contributed by atoms with Crippen LogP contribution in [-0.4, -0.2) is 34.7 Å². The number of aromatic nitrogens is 1. The van der Waals surface area contributed by atoms with Gasteiger partial charge in [-0.25, -0.2) is 4.98 Å². The van der Waals surface area contributed by atoms with Crippen LogP contribution in [0.3, 0.4) is 0 Å². The minimum atomic E-state index is 0.208. The third-order valence-electron chi connectivity index (χ3n) is 3.70. The van der Waals surface area contributed by atoms with Gasteiger partial charge in [0.2, 0.25) is 5.88 Å². The molecule has 0 amide bonds. The van der Waals surface area contributed by atoms with Gasteiger partial charge < -0.3 is 15.0 Å². The fourth-order valence-electron chi connectivity index (χ4n) is 2.15. The lowest BCUT2D eigenvalue weighted by Crippen LogP contribution is -2.31. The van der Waals surface area contributed by atoms with Crippen molar-refractivity contribution in [2.75, 3.05) is 18.9 Å². The minimum Gasteiger partial charge on any atom is -0.473 e. The molecule has 0 saturated carbocycles. The van der Waals surface area contributed by atoms with E-state index in [1.165, 1.54) is 0 Å². The fraction of sp³-hybridized carbons (Fsp3) is 0.500. The Bertz CT molecular complexity index is 577. The molecular formula is C16H22BrN3OS. The van der Waals surface area contributed by atoms with E-state index < -0.39 is 0 Å². The first-order chi connectivity index (χ1) is 10.5. The van der Waals surface area contributed by atoms with E-state index in [2.05, 4.69) is 45.3 Å². The van der Waals surface area contributed by atoms with E-state index in [0.717, 1.165) is 41.7 Å². The minimum absolute atomic E-state index is 0.208. The van der Waals surface area contributed by atoms with Crippen molar-refractivity contribution in [3.05, 3.63) is 28.4 Å². The normalized spacial score (nSPS) is 17.2.